The molecule has 0 aliphatic carbocycles. The van der Waals surface area contributed by atoms with Crippen molar-refractivity contribution in [3.05, 3.63) is 35.1 Å². The molecule has 0 fully saturated rings. The first-order valence-electron chi connectivity index (χ1n) is 5.52. The predicted octanol–water partition coefficient (Wildman–Crippen LogP) is 2.04. The van der Waals surface area contributed by atoms with Gasteiger partial charge in [-0.25, -0.2) is 13.2 Å². The average molecular weight is 275 g/mol. The van der Waals surface area contributed by atoms with Crippen molar-refractivity contribution in [1.29, 1.82) is 0 Å². The Kier molecular flexibility index (Phi) is 4.91. The van der Waals surface area contributed by atoms with Crippen molar-refractivity contribution in [2.24, 2.45) is 0 Å². The Hall–Kier alpha value is -2.05. The van der Waals surface area contributed by atoms with E-state index < -0.39 is 41.4 Å². The quantitative estimate of drug-likeness (QED) is 0.837. The summed E-state index contributed by atoms with van der Waals surface area (Å²) < 4.78 is 39.2. The van der Waals surface area contributed by atoms with Crippen LogP contribution in [0, 0.1) is 17.5 Å². The lowest BCUT2D eigenvalue weighted by Crippen LogP contribution is -2.36. The normalized spacial score (nSPS) is 10.3. The number of amides is 1. The van der Waals surface area contributed by atoms with E-state index in [0.29, 0.717) is 12.5 Å². The van der Waals surface area contributed by atoms with Gasteiger partial charge in [-0.15, -0.1) is 0 Å². The fourth-order valence-corrected chi connectivity index (χ4v) is 1.54. The molecule has 0 saturated carbocycles. The van der Waals surface area contributed by atoms with Gasteiger partial charge in [-0.05, 0) is 12.5 Å². The fraction of sp³-hybridized carbons (Fsp3) is 0.333. The zero-order chi connectivity index (χ0) is 14.6. The van der Waals surface area contributed by atoms with Gasteiger partial charge in [0.05, 0.1) is 5.56 Å². The van der Waals surface area contributed by atoms with Crippen molar-refractivity contribution >= 4 is 11.9 Å². The maximum atomic E-state index is 13.4. The van der Waals surface area contributed by atoms with E-state index in [1.807, 2.05) is 0 Å². The highest BCUT2D eigenvalue weighted by Gasteiger charge is 2.22. The van der Waals surface area contributed by atoms with E-state index >= 15 is 0 Å². The minimum atomic E-state index is -1.41. The highest BCUT2D eigenvalue weighted by Crippen LogP contribution is 2.16. The maximum Gasteiger partial charge on any atom is 0.323 e. The Bertz CT molecular complexity index is 505. The van der Waals surface area contributed by atoms with Crippen LogP contribution in [0.5, 0.6) is 0 Å². The third kappa shape index (κ3) is 3.70. The van der Waals surface area contributed by atoms with Crippen LogP contribution in [0.1, 0.15) is 23.7 Å². The number of hydrogen-bond donors (Lipinski definition) is 1. The molecule has 0 unspecified atom stereocenters. The van der Waals surface area contributed by atoms with Crippen LogP contribution < -0.4 is 0 Å². The molecule has 0 radical (unpaired) electrons. The molecular formula is C12H12F3NO3. The van der Waals surface area contributed by atoms with Gasteiger partial charge in [0.2, 0.25) is 0 Å². The van der Waals surface area contributed by atoms with Gasteiger partial charge >= 0.3 is 5.97 Å². The summed E-state index contributed by atoms with van der Waals surface area (Å²) in [5.41, 5.74) is -0.686. The van der Waals surface area contributed by atoms with E-state index in [9.17, 15) is 22.8 Å². The van der Waals surface area contributed by atoms with Crippen molar-refractivity contribution in [2.45, 2.75) is 13.3 Å². The Labute approximate surface area is 107 Å². The minimum Gasteiger partial charge on any atom is -0.480 e. The van der Waals surface area contributed by atoms with Gasteiger partial charge in [-0.1, -0.05) is 6.92 Å². The Morgan fingerprint density at radius 3 is 2.26 bits per heavy atom. The molecule has 0 aromatic heterocycles. The first-order chi connectivity index (χ1) is 8.86. The number of benzene rings is 1. The van der Waals surface area contributed by atoms with Crippen molar-refractivity contribution in [3.63, 3.8) is 0 Å². The van der Waals surface area contributed by atoms with Crippen LogP contribution in [0.2, 0.25) is 0 Å². The predicted molar refractivity (Wildman–Crippen MR) is 60.1 cm³/mol. The van der Waals surface area contributed by atoms with E-state index in [1.165, 1.54) is 0 Å². The second-order valence-corrected chi connectivity index (χ2v) is 3.87. The maximum absolute atomic E-state index is 13.4. The smallest absolute Gasteiger partial charge is 0.323 e. The van der Waals surface area contributed by atoms with Crippen LogP contribution in [0.15, 0.2) is 12.1 Å². The van der Waals surface area contributed by atoms with Crippen molar-refractivity contribution in [2.75, 3.05) is 13.1 Å². The molecule has 0 spiro atoms. The molecule has 7 heteroatoms. The standard InChI is InChI=1S/C12H12F3NO3/c1-2-3-16(6-11(17)18)12(19)7-4-9(14)10(15)5-8(7)13/h4-5H,2-3,6H2,1H3,(H,17,18). The lowest BCUT2D eigenvalue weighted by Gasteiger charge is -2.20. The number of nitrogens with zero attached hydrogens (tertiary/aromatic N) is 1. The summed E-state index contributed by atoms with van der Waals surface area (Å²) in [6.07, 6.45) is 0.449. The molecule has 0 atom stereocenters. The zero-order valence-electron chi connectivity index (χ0n) is 10.1. The largest absolute Gasteiger partial charge is 0.480 e. The SMILES string of the molecule is CCCN(CC(=O)O)C(=O)c1cc(F)c(F)cc1F. The fourth-order valence-electron chi connectivity index (χ4n) is 1.54. The number of halogens is 3. The summed E-state index contributed by atoms with van der Waals surface area (Å²) in [5, 5.41) is 8.65. The zero-order valence-corrected chi connectivity index (χ0v) is 10.1. The summed E-state index contributed by atoms with van der Waals surface area (Å²) in [5.74, 6) is -6.26. The third-order valence-electron chi connectivity index (χ3n) is 2.35. The van der Waals surface area contributed by atoms with Crippen LogP contribution in [0.4, 0.5) is 13.2 Å². The van der Waals surface area contributed by atoms with Crippen molar-refractivity contribution in [1.82, 2.24) is 4.90 Å². The first kappa shape index (κ1) is 15.0. The first-order valence-corrected chi connectivity index (χ1v) is 5.52. The molecule has 1 rings (SSSR count). The van der Waals surface area contributed by atoms with Crippen LogP contribution >= 0.6 is 0 Å². The third-order valence-corrected chi connectivity index (χ3v) is 2.35. The number of carbonyl (C=O) groups excluding carboxylic acids is 1. The molecular weight excluding hydrogens is 263 g/mol. The van der Waals surface area contributed by atoms with E-state index in [2.05, 4.69) is 0 Å². The Morgan fingerprint density at radius 2 is 1.74 bits per heavy atom. The summed E-state index contributed by atoms with van der Waals surface area (Å²) in [6, 6.07) is 0.685. The molecule has 0 aliphatic heterocycles. The lowest BCUT2D eigenvalue weighted by molar-refractivity contribution is -0.137. The topological polar surface area (TPSA) is 57.6 Å². The van der Waals surface area contributed by atoms with Gasteiger partial charge in [0.25, 0.3) is 5.91 Å². The Morgan fingerprint density at radius 1 is 1.16 bits per heavy atom. The lowest BCUT2D eigenvalue weighted by atomic mass is 10.1. The second kappa shape index (κ2) is 6.21. The molecule has 0 bridgehead atoms. The molecule has 1 aromatic carbocycles. The molecule has 0 aliphatic rings. The Balaban J connectivity index is 3.08. The highest BCUT2D eigenvalue weighted by atomic mass is 19.2. The molecule has 19 heavy (non-hydrogen) atoms. The minimum absolute atomic E-state index is 0.0730. The number of carboxylic acid groups (broad SMARTS) is 1. The number of hydrogen-bond acceptors (Lipinski definition) is 2. The van der Waals surface area contributed by atoms with Crippen LogP contribution in [0.25, 0.3) is 0 Å². The van der Waals surface area contributed by atoms with E-state index in [4.69, 9.17) is 5.11 Å². The van der Waals surface area contributed by atoms with Gasteiger partial charge in [-0.2, -0.15) is 0 Å². The number of carbonyl (C=O) groups is 2. The van der Waals surface area contributed by atoms with E-state index in [1.54, 1.807) is 6.92 Å². The molecule has 1 aromatic rings. The van der Waals surface area contributed by atoms with E-state index in [-0.39, 0.29) is 12.6 Å². The number of rotatable bonds is 5. The van der Waals surface area contributed by atoms with Gasteiger partial charge in [-0.3, -0.25) is 9.59 Å². The van der Waals surface area contributed by atoms with E-state index in [0.717, 1.165) is 4.90 Å². The summed E-state index contributed by atoms with van der Waals surface area (Å²) >= 11 is 0. The van der Waals surface area contributed by atoms with Crippen LogP contribution in [-0.2, 0) is 4.79 Å². The molecule has 4 nitrogen and oxygen atoms in total. The van der Waals surface area contributed by atoms with Gasteiger partial charge in [0, 0.05) is 12.6 Å². The molecule has 104 valence electrons. The summed E-state index contributed by atoms with van der Waals surface area (Å²) in [7, 11) is 0. The number of carboxylic acids is 1. The summed E-state index contributed by atoms with van der Waals surface area (Å²) in [4.78, 5) is 23.4. The van der Waals surface area contributed by atoms with Crippen LogP contribution in [0.3, 0.4) is 0 Å². The molecule has 0 heterocycles. The van der Waals surface area contributed by atoms with Gasteiger partial charge in [0.15, 0.2) is 11.6 Å². The number of aliphatic carboxylic acids is 1. The van der Waals surface area contributed by atoms with Crippen molar-refractivity contribution in [3.8, 4) is 0 Å². The van der Waals surface area contributed by atoms with Gasteiger partial charge in [0.1, 0.15) is 12.4 Å². The molecule has 1 amide bonds. The molecule has 1 N–H and O–H groups in total. The van der Waals surface area contributed by atoms with Crippen LogP contribution in [-0.4, -0.2) is 35.0 Å². The second-order valence-electron chi connectivity index (χ2n) is 3.87. The monoisotopic (exact) mass is 275 g/mol. The average Bonchev–Trinajstić information content (AvgIpc) is 2.32. The highest BCUT2D eigenvalue weighted by molar-refractivity contribution is 5.96. The van der Waals surface area contributed by atoms with Crippen molar-refractivity contribution < 1.29 is 27.9 Å². The van der Waals surface area contributed by atoms with Gasteiger partial charge < -0.3 is 10.0 Å². The molecule has 0 saturated heterocycles. The summed E-state index contributed by atoms with van der Waals surface area (Å²) in [6.45, 7) is 1.14.